The fraction of sp³-hybridized carbons (Fsp3) is 0.115. The Kier molecular flexibility index (Phi) is 5.25. The minimum absolute atomic E-state index is 0.139. The first-order chi connectivity index (χ1) is 15.7. The molecular weight excluding hydrogens is 402 g/mol. The van der Waals surface area contributed by atoms with Gasteiger partial charge in [-0.3, -0.25) is 9.36 Å². The van der Waals surface area contributed by atoms with Crippen molar-refractivity contribution in [3.8, 4) is 0 Å². The summed E-state index contributed by atoms with van der Waals surface area (Å²) in [5.41, 5.74) is 3.12. The molecule has 1 N–H and O–H groups in total. The number of fused-ring (bicyclic) bond motifs is 2. The summed E-state index contributed by atoms with van der Waals surface area (Å²) < 4.78 is 7.02. The van der Waals surface area contributed by atoms with Crippen LogP contribution in [0.1, 0.15) is 17.2 Å². The highest BCUT2D eigenvalue weighted by atomic mass is 16.5. The highest BCUT2D eigenvalue weighted by molar-refractivity contribution is 5.84. The van der Waals surface area contributed by atoms with E-state index in [0.29, 0.717) is 17.3 Å². The zero-order valence-electron chi connectivity index (χ0n) is 17.3. The first kappa shape index (κ1) is 19.8. The maximum absolute atomic E-state index is 13.2. The van der Waals surface area contributed by atoms with Crippen molar-refractivity contribution < 1.29 is 9.53 Å². The van der Waals surface area contributed by atoms with Gasteiger partial charge in [0.15, 0.2) is 0 Å². The highest BCUT2D eigenvalue weighted by Gasteiger charge is 2.26. The number of esters is 1. The molecule has 0 aliphatic heterocycles. The Hall–Kier alpha value is -4.19. The van der Waals surface area contributed by atoms with E-state index in [1.165, 1.54) is 10.9 Å². The van der Waals surface area contributed by atoms with Crippen LogP contribution in [-0.2, 0) is 22.6 Å². The summed E-state index contributed by atoms with van der Waals surface area (Å²) in [6, 6.07) is 23.6. The van der Waals surface area contributed by atoms with Crippen LogP contribution in [0.3, 0.4) is 0 Å². The Bertz CT molecular complexity index is 1450. The van der Waals surface area contributed by atoms with Crippen LogP contribution in [-0.4, -0.2) is 20.5 Å². The molecule has 1 unspecified atom stereocenters. The molecule has 0 amide bonds. The molecule has 158 valence electrons. The largest absolute Gasteiger partial charge is 0.459 e. The molecule has 5 aromatic rings. The van der Waals surface area contributed by atoms with Crippen molar-refractivity contribution in [2.45, 2.75) is 19.1 Å². The van der Waals surface area contributed by atoms with Crippen LogP contribution in [0.4, 0.5) is 0 Å². The summed E-state index contributed by atoms with van der Waals surface area (Å²) in [4.78, 5) is 34.1. The number of carbonyl (C=O) groups excluding carboxylic acids is 1. The predicted molar refractivity (Wildman–Crippen MR) is 123 cm³/mol. The molecule has 3 aromatic carbocycles. The first-order valence-electron chi connectivity index (χ1n) is 10.4. The first-order valence-corrected chi connectivity index (χ1v) is 10.4. The summed E-state index contributed by atoms with van der Waals surface area (Å²) in [6.07, 6.45) is 3.62. The molecule has 0 saturated heterocycles. The highest BCUT2D eigenvalue weighted by Crippen LogP contribution is 2.24. The number of hydrogen-bond donors (Lipinski definition) is 1. The van der Waals surface area contributed by atoms with Crippen LogP contribution in [0, 0.1) is 0 Å². The lowest BCUT2D eigenvalue weighted by molar-refractivity contribution is -0.149. The van der Waals surface area contributed by atoms with Gasteiger partial charge in [0.2, 0.25) is 0 Å². The zero-order valence-corrected chi connectivity index (χ0v) is 17.3. The molecule has 6 nitrogen and oxygen atoms in total. The van der Waals surface area contributed by atoms with Crippen molar-refractivity contribution in [3.63, 3.8) is 0 Å². The Morgan fingerprint density at radius 3 is 2.50 bits per heavy atom. The van der Waals surface area contributed by atoms with Gasteiger partial charge < -0.3 is 9.72 Å². The zero-order chi connectivity index (χ0) is 21.9. The van der Waals surface area contributed by atoms with E-state index in [9.17, 15) is 9.59 Å². The minimum atomic E-state index is -0.845. The maximum atomic E-state index is 13.2. The molecule has 0 spiro atoms. The van der Waals surface area contributed by atoms with Gasteiger partial charge in [-0.1, -0.05) is 60.7 Å². The van der Waals surface area contributed by atoms with Crippen LogP contribution in [0.2, 0.25) is 0 Å². The summed E-state index contributed by atoms with van der Waals surface area (Å²) in [5.74, 6) is -0.474. The second-order valence-corrected chi connectivity index (χ2v) is 7.65. The average molecular weight is 423 g/mol. The van der Waals surface area contributed by atoms with Crippen molar-refractivity contribution in [2.75, 3.05) is 0 Å². The number of hydrogen-bond acceptors (Lipinski definition) is 4. The third-order valence-electron chi connectivity index (χ3n) is 5.61. The van der Waals surface area contributed by atoms with Gasteiger partial charge in [0, 0.05) is 23.5 Å². The van der Waals surface area contributed by atoms with E-state index in [1.807, 2.05) is 66.9 Å². The molecule has 0 radical (unpaired) electrons. The second-order valence-electron chi connectivity index (χ2n) is 7.65. The van der Waals surface area contributed by atoms with E-state index in [4.69, 9.17) is 4.74 Å². The quantitative estimate of drug-likeness (QED) is 0.411. The van der Waals surface area contributed by atoms with E-state index in [1.54, 1.807) is 18.2 Å². The molecule has 32 heavy (non-hydrogen) atoms. The number of carbonyl (C=O) groups is 1. The molecule has 1 atom stereocenters. The Labute approximate surface area is 184 Å². The number of nitrogens with zero attached hydrogens (tertiary/aromatic N) is 2. The van der Waals surface area contributed by atoms with Gasteiger partial charge in [0.1, 0.15) is 12.6 Å². The van der Waals surface area contributed by atoms with E-state index in [-0.39, 0.29) is 12.2 Å². The fourth-order valence-electron chi connectivity index (χ4n) is 3.93. The molecule has 2 aromatic heterocycles. The van der Waals surface area contributed by atoms with Crippen LogP contribution in [0.25, 0.3) is 21.8 Å². The smallest absolute Gasteiger partial charge is 0.329 e. The second kappa shape index (κ2) is 8.51. The molecule has 0 aliphatic rings. The van der Waals surface area contributed by atoms with E-state index in [2.05, 4.69) is 9.97 Å². The van der Waals surface area contributed by atoms with Crippen molar-refractivity contribution in [1.29, 1.82) is 0 Å². The van der Waals surface area contributed by atoms with Gasteiger partial charge in [-0.15, -0.1) is 0 Å². The average Bonchev–Trinajstić information content (AvgIpc) is 3.25. The van der Waals surface area contributed by atoms with Gasteiger partial charge in [-0.2, -0.15) is 0 Å². The fourth-order valence-corrected chi connectivity index (χ4v) is 3.93. The number of H-pyrrole nitrogens is 1. The monoisotopic (exact) mass is 423 g/mol. The summed E-state index contributed by atoms with van der Waals surface area (Å²) in [6.45, 7) is 0.139. The van der Waals surface area contributed by atoms with Gasteiger partial charge in [-0.05, 0) is 29.3 Å². The molecule has 5 rings (SSSR count). The Morgan fingerprint density at radius 2 is 1.66 bits per heavy atom. The lowest BCUT2D eigenvalue weighted by Gasteiger charge is -2.19. The third kappa shape index (κ3) is 3.78. The van der Waals surface area contributed by atoms with Crippen molar-refractivity contribution in [3.05, 3.63) is 113 Å². The van der Waals surface area contributed by atoms with Crippen molar-refractivity contribution >= 4 is 27.8 Å². The van der Waals surface area contributed by atoms with Gasteiger partial charge in [-0.25, -0.2) is 9.78 Å². The summed E-state index contributed by atoms with van der Waals surface area (Å²) in [7, 11) is 0. The van der Waals surface area contributed by atoms with E-state index in [0.717, 1.165) is 22.0 Å². The Morgan fingerprint density at radius 1 is 0.938 bits per heavy atom. The van der Waals surface area contributed by atoms with Crippen LogP contribution >= 0.6 is 0 Å². The number of para-hydroxylation sites is 2. The number of ether oxygens (including phenoxy) is 1. The van der Waals surface area contributed by atoms with E-state index >= 15 is 0 Å². The third-order valence-corrected chi connectivity index (χ3v) is 5.61. The number of aromatic amines is 1. The molecule has 2 heterocycles. The molecule has 0 aliphatic carbocycles. The summed E-state index contributed by atoms with van der Waals surface area (Å²) in [5, 5.41) is 1.48. The SMILES string of the molecule is O=C(OCc1ccccc1)C(Cc1c[nH]c2ccccc12)n1cnc2ccccc2c1=O. The van der Waals surface area contributed by atoms with Crippen molar-refractivity contribution in [1.82, 2.24) is 14.5 Å². The van der Waals surface area contributed by atoms with Crippen LogP contribution in [0.5, 0.6) is 0 Å². The molecular formula is C26H21N3O3. The van der Waals surface area contributed by atoms with E-state index < -0.39 is 12.0 Å². The molecule has 0 fully saturated rings. The van der Waals surface area contributed by atoms with Gasteiger partial charge in [0.05, 0.1) is 17.2 Å². The number of rotatable bonds is 6. The topological polar surface area (TPSA) is 77.0 Å². The van der Waals surface area contributed by atoms with Crippen LogP contribution in [0.15, 0.2) is 96.2 Å². The number of aromatic nitrogens is 3. The maximum Gasteiger partial charge on any atom is 0.329 e. The number of nitrogens with one attached hydrogen (secondary N) is 1. The normalized spacial score (nSPS) is 12.1. The van der Waals surface area contributed by atoms with Gasteiger partial charge >= 0.3 is 5.97 Å². The van der Waals surface area contributed by atoms with Crippen molar-refractivity contribution in [2.24, 2.45) is 0 Å². The lowest BCUT2D eigenvalue weighted by Crippen LogP contribution is -2.32. The minimum Gasteiger partial charge on any atom is -0.459 e. The molecule has 0 saturated carbocycles. The van der Waals surface area contributed by atoms with Gasteiger partial charge in [0.25, 0.3) is 5.56 Å². The van der Waals surface area contributed by atoms with Crippen LogP contribution < -0.4 is 5.56 Å². The molecule has 0 bridgehead atoms. The number of benzene rings is 3. The lowest BCUT2D eigenvalue weighted by atomic mass is 10.0. The summed E-state index contributed by atoms with van der Waals surface area (Å²) >= 11 is 0. The molecule has 6 heteroatoms. The predicted octanol–water partition coefficient (Wildman–Crippen LogP) is 4.41. The Balaban J connectivity index is 1.53. The standard InChI is InChI=1S/C26H21N3O3/c30-25-21-11-5-7-13-23(21)28-17-29(25)24(26(31)32-16-18-8-2-1-3-9-18)14-19-15-27-22-12-6-4-10-20(19)22/h1-13,15,17,24,27H,14,16H2.